The van der Waals surface area contributed by atoms with Gasteiger partial charge in [0.25, 0.3) is 0 Å². The number of carbonyl (C=O) groups is 3. The van der Waals surface area contributed by atoms with E-state index in [1.807, 2.05) is 0 Å². The third kappa shape index (κ3) is 3.88. The smallest absolute Gasteiger partial charge is 0.316 e. The highest BCUT2D eigenvalue weighted by Gasteiger charge is 2.36. The summed E-state index contributed by atoms with van der Waals surface area (Å²) >= 11 is 0. The molecule has 2 aliphatic carbocycles. The monoisotopic (exact) mass is 266 g/mol. The molecule has 2 aliphatic rings. The first-order valence-corrected chi connectivity index (χ1v) is 7.33. The highest BCUT2D eigenvalue weighted by atomic mass is 16.5. The van der Waals surface area contributed by atoms with Crippen molar-refractivity contribution in [2.75, 3.05) is 6.61 Å². The Hall–Kier alpha value is -1.19. The number of esters is 1. The second-order valence-electron chi connectivity index (χ2n) is 5.72. The molecule has 1 unspecified atom stereocenters. The Morgan fingerprint density at radius 3 is 2.32 bits per heavy atom. The van der Waals surface area contributed by atoms with Gasteiger partial charge in [0.15, 0.2) is 0 Å². The molecule has 0 spiro atoms. The van der Waals surface area contributed by atoms with Gasteiger partial charge in [-0.15, -0.1) is 0 Å². The van der Waals surface area contributed by atoms with E-state index in [9.17, 15) is 14.4 Å². The van der Waals surface area contributed by atoms with Crippen LogP contribution in [0.5, 0.6) is 0 Å². The summed E-state index contributed by atoms with van der Waals surface area (Å²) in [6.07, 6.45) is 5.51. The van der Waals surface area contributed by atoms with Crippen LogP contribution in [0.2, 0.25) is 0 Å². The van der Waals surface area contributed by atoms with Gasteiger partial charge in [0.1, 0.15) is 17.5 Å². The quantitative estimate of drug-likeness (QED) is 0.499. The van der Waals surface area contributed by atoms with E-state index in [2.05, 4.69) is 0 Å². The van der Waals surface area contributed by atoms with Crippen LogP contribution >= 0.6 is 0 Å². The predicted molar refractivity (Wildman–Crippen MR) is 69.4 cm³/mol. The third-order valence-corrected chi connectivity index (χ3v) is 4.11. The van der Waals surface area contributed by atoms with Crippen LogP contribution in [0.4, 0.5) is 0 Å². The summed E-state index contributed by atoms with van der Waals surface area (Å²) in [7, 11) is 0. The molecule has 0 aliphatic heterocycles. The lowest BCUT2D eigenvalue weighted by Crippen LogP contribution is -2.32. The highest BCUT2D eigenvalue weighted by molar-refractivity contribution is 6.03. The van der Waals surface area contributed by atoms with Crippen LogP contribution in [0.15, 0.2) is 0 Å². The van der Waals surface area contributed by atoms with Crippen molar-refractivity contribution < 1.29 is 19.1 Å². The molecule has 1 atom stereocenters. The number of Topliss-reactive ketones (excluding diaryl/α,β-unsaturated/α-hetero) is 2. The van der Waals surface area contributed by atoms with Gasteiger partial charge in [-0.3, -0.25) is 14.4 Å². The van der Waals surface area contributed by atoms with Gasteiger partial charge in [0, 0.05) is 18.8 Å². The van der Waals surface area contributed by atoms with Gasteiger partial charge >= 0.3 is 5.97 Å². The van der Waals surface area contributed by atoms with Crippen molar-refractivity contribution in [1.82, 2.24) is 0 Å². The summed E-state index contributed by atoms with van der Waals surface area (Å²) in [5.41, 5.74) is 0. The maximum Gasteiger partial charge on any atom is 0.316 e. The first-order chi connectivity index (χ1) is 9.11. The lowest BCUT2D eigenvalue weighted by molar-refractivity contribution is -0.154. The first-order valence-electron chi connectivity index (χ1n) is 7.33. The van der Waals surface area contributed by atoms with E-state index in [0.29, 0.717) is 12.3 Å². The Labute approximate surface area is 113 Å². The number of ketones is 2. The number of rotatable bonds is 8. The molecule has 2 fully saturated rings. The Morgan fingerprint density at radius 1 is 1.16 bits per heavy atom. The molecule has 0 N–H and O–H groups in total. The minimum absolute atomic E-state index is 0.0506. The first kappa shape index (κ1) is 14.2. The van der Waals surface area contributed by atoms with E-state index in [0.717, 1.165) is 32.1 Å². The molecule has 0 bridgehead atoms. The minimum Gasteiger partial charge on any atom is -0.465 e. The summed E-state index contributed by atoms with van der Waals surface area (Å²) in [6.45, 7) is 1.97. The maximum atomic E-state index is 12.1. The van der Waals surface area contributed by atoms with E-state index in [-0.39, 0.29) is 30.5 Å². The van der Waals surface area contributed by atoms with Crippen LogP contribution in [-0.2, 0) is 19.1 Å². The van der Waals surface area contributed by atoms with Crippen LogP contribution in [0.25, 0.3) is 0 Å². The van der Waals surface area contributed by atoms with Crippen LogP contribution in [0, 0.1) is 17.8 Å². The minimum atomic E-state index is -0.853. The summed E-state index contributed by atoms with van der Waals surface area (Å²) < 4.78 is 4.95. The lowest BCUT2D eigenvalue weighted by atomic mass is 9.78. The van der Waals surface area contributed by atoms with Gasteiger partial charge in [0.05, 0.1) is 6.61 Å². The van der Waals surface area contributed by atoms with E-state index >= 15 is 0 Å². The van der Waals surface area contributed by atoms with Crippen molar-refractivity contribution in [2.45, 2.75) is 51.9 Å². The molecule has 0 aromatic rings. The molecule has 0 aromatic carbocycles. The Balaban J connectivity index is 1.93. The van der Waals surface area contributed by atoms with Gasteiger partial charge in [-0.2, -0.15) is 0 Å². The molecule has 2 rings (SSSR count). The third-order valence-electron chi connectivity index (χ3n) is 4.11. The van der Waals surface area contributed by atoms with Crippen molar-refractivity contribution in [2.24, 2.45) is 17.8 Å². The second-order valence-corrected chi connectivity index (χ2v) is 5.72. The molecule has 0 aromatic heterocycles. The zero-order valence-corrected chi connectivity index (χ0v) is 11.5. The summed E-state index contributed by atoms with van der Waals surface area (Å²) in [5, 5.41) is 0. The second kappa shape index (κ2) is 6.31. The van der Waals surface area contributed by atoms with Gasteiger partial charge in [-0.05, 0) is 38.5 Å². The molecule has 0 amide bonds. The van der Waals surface area contributed by atoms with Crippen LogP contribution < -0.4 is 0 Å². The Morgan fingerprint density at radius 2 is 1.84 bits per heavy atom. The Bertz CT molecular complexity index is 366. The van der Waals surface area contributed by atoms with Gasteiger partial charge in [-0.25, -0.2) is 0 Å². The lowest BCUT2D eigenvalue weighted by Gasteiger charge is -2.25. The van der Waals surface area contributed by atoms with E-state index in [1.165, 1.54) is 0 Å². The van der Waals surface area contributed by atoms with Crippen molar-refractivity contribution in [3.05, 3.63) is 0 Å². The molecule has 4 heteroatoms. The highest BCUT2D eigenvalue weighted by Crippen LogP contribution is 2.35. The van der Waals surface area contributed by atoms with Crippen molar-refractivity contribution >= 4 is 17.5 Å². The van der Waals surface area contributed by atoms with Crippen molar-refractivity contribution in [3.8, 4) is 0 Å². The fourth-order valence-electron chi connectivity index (χ4n) is 2.42. The number of hydrogen-bond acceptors (Lipinski definition) is 4. The van der Waals surface area contributed by atoms with E-state index in [4.69, 9.17) is 4.74 Å². The zero-order chi connectivity index (χ0) is 13.8. The molecular weight excluding hydrogens is 244 g/mol. The number of ether oxygens (including phenoxy) is 1. The molecule has 19 heavy (non-hydrogen) atoms. The molecule has 0 radical (unpaired) electrons. The van der Waals surface area contributed by atoms with Crippen molar-refractivity contribution in [1.29, 1.82) is 0 Å². The standard InChI is InChI=1S/C15H22O4/c1-2-19-15(18)12(14(17)8-10-6-7-10)9-13(16)11-4-3-5-11/h10-12H,2-9H2,1H3. The molecule has 0 saturated heterocycles. The van der Waals surface area contributed by atoms with Gasteiger partial charge in [-0.1, -0.05) is 6.42 Å². The summed E-state index contributed by atoms with van der Waals surface area (Å²) in [5.74, 6) is -0.898. The fraction of sp³-hybridized carbons (Fsp3) is 0.800. The normalized spacial score (nSPS) is 20.5. The largest absolute Gasteiger partial charge is 0.465 e. The predicted octanol–water partition coefficient (Wildman–Crippen LogP) is 2.29. The number of hydrogen-bond donors (Lipinski definition) is 0. The van der Waals surface area contributed by atoms with Gasteiger partial charge in [0.2, 0.25) is 0 Å². The summed E-state index contributed by atoms with van der Waals surface area (Å²) in [4.78, 5) is 36.0. The maximum absolute atomic E-state index is 12.1. The fourth-order valence-corrected chi connectivity index (χ4v) is 2.42. The van der Waals surface area contributed by atoms with Gasteiger partial charge < -0.3 is 4.74 Å². The SMILES string of the molecule is CCOC(=O)C(CC(=O)C1CCC1)C(=O)CC1CC1. The molecule has 106 valence electrons. The molecule has 2 saturated carbocycles. The Kier molecular flexibility index (Phi) is 4.72. The molecular formula is C15H22O4. The van der Waals surface area contributed by atoms with Crippen molar-refractivity contribution in [3.63, 3.8) is 0 Å². The van der Waals surface area contributed by atoms with Crippen LogP contribution in [0.3, 0.4) is 0 Å². The number of carbonyl (C=O) groups excluding carboxylic acids is 3. The summed E-state index contributed by atoms with van der Waals surface area (Å²) in [6, 6.07) is 0. The van der Waals surface area contributed by atoms with E-state index in [1.54, 1.807) is 6.92 Å². The van der Waals surface area contributed by atoms with Crippen LogP contribution in [0.1, 0.15) is 51.9 Å². The van der Waals surface area contributed by atoms with Crippen LogP contribution in [-0.4, -0.2) is 24.1 Å². The average Bonchev–Trinajstić information content (AvgIpc) is 3.07. The zero-order valence-electron chi connectivity index (χ0n) is 11.5. The molecule has 4 nitrogen and oxygen atoms in total. The topological polar surface area (TPSA) is 60.4 Å². The van der Waals surface area contributed by atoms with E-state index < -0.39 is 11.9 Å². The average molecular weight is 266 g/mol. The molecule has 0 heterocycles.